The van der Waals surface area contributed by atoms with Crippen LogP contribution in [0.4, 0.5) is 0 Å². The molecule has 1 unspecified atom stereocenters. The zero-order valence-corrected chi connectivity index (χ0v) is 10.5. The SMILES string of the molecule is CCOC(C)(C)C(O)c1c(OC)cnn1C. The molecule has 0 aliphatic carbocycles. The first-order valence-corrected chi connectivity index (χ1v) is 5.32. The molecule has 0 radical (unpaired) electrons. The molecule has 0 spiro atoms. The monoisotopic (exact) mass is 228 g/mol. The van der Waals surface area contributed by atoms with Crippen LogP contribution in [-0.4, -0.2) is 34.2 Å². The third-order valence-electron chi connectivity index (χ3n) is 2.60. The lowest BCUT2D eigenvalue weighted by Crippen LogP contribution is -2.34. The zero-order valence-electron chi connectivity index (χ0n) is 10.5. The van der Waals surface area contributed by atoms with Crippen molar-refractivity contribution in [3.8, 4) is 5.75 Å². The molecule has 16 heavy (non-hydrogen) atoms. The fraction of sp³-hybridized carbons (Fsp3) is 0.727. The van der Waals surface area contributed by atoms with E-state index in [2.05, 4.69) is 5.10 Å². The van der Waals surface area contributed by atoms with Gasteiger partial charge in [0.1, 0.15) is 11.8 Å². The van der Waals surface area contributed by atoms with E-state index in [1.807, 2.05) is 20.8 Å². The smallest absolute Gasteiger partial charge is 0.162 e. The first-order valence-electron chi connectivity index (χ1n) is 5.32. The fourth-order valence-electron chi connectivity index (χ4n) is 1.68. The molecule has 92 valence electrons. The molecule has 0 aliphatic heterocycles. The van der Waals surface area contributed by atoms with Crippen molar-refractivity contribution in [3.63, 3.8) is 0 Å². The highest BCUT2D eigenvalue weighted by Crippen LogP contribution is 2.33. The molecular weight excluding hydrogens is 208 g/mol. The molecular formula is C11H20N2O3. The Balaban J connectivity index is 3.03. The lowest BCUT2D eigenvalue weighted by molar-refractivity contribution is -0.102. The van der Waals surface area contributed by atoms with E-state index in [1.165, 1.54) is 0 Å². The normalized spacial score (nSPS) is 13.9. The Morgan fingerprint density at radius 3 is 2.69 bits per heavy atom. The average molecular weight is 228 g/mol. The number of aliphatic hydroxyl groups excluding tert-OH is 1. The minimum Gasteiger partial charge on any atom is -0.493 e. The second-order valence-corrected chi connectivity index (χ2v) is 4.16. The van der Waals surface area contributed by atoms with Crippen molar-refractivity contribution in [2.45, 2.75) is 32.5 Å². The predicted octanol–water partition coefficient (Wildman–Crippen LogP) is 1.28. The molecule has 0 aliphatic rings. The van der Waals surface area contributed by atoms with Gasteiger partial charge >= 0.3 is 0 Å². The van der Waals surface area contributed by atoms with Gasteiger partial charge in [0.15, 0.2) is 5.75 Å². The van der Waals surface area contributed by atoms with Crippen molar-refractivity contribution >= 4 is 0 Å². The number of aliphatic hydroxyl groups is 1. The summed E-state index contributed by atoms with van der Waals surface area (Å²) < 4.78 is 12.3. The highest BCUT2D eigenvalue weighted by molar-refractivity contribution is 5.28. The summed E-state index contributed by atoms with van der Waals surface area (Å²) in [6, 6.07) is 0. The van der Waals surface area contributed by atoms with E-state index in [4.69, 9.17) is 9.47 Å². The lowest BCUT2D eigenvalue weighted by atomic mass is 9.98. The fourth-order valence-corrected chi connectivity index (χ4v) is 1.68. The Labute approximate surface area is 96.0 Å². The van der Waals surface area contributed by atoms with Gasteiger partial charge in [-0.3, -0.25) is 4.68 Å². The largest absolute Gasteiger partial charge is 0.493 e. The van der Waals surface area contributed by atoms with Crippen LogP contribution >= 0.6 is 0 Å². The maximum atomic E-state index is 10.3. The van der Waals surface area contributed by atoms with Crippen molar-refractivity contribution in [1.29, 1.82) is 0 Å². The van der Waals surface area contributed by atoms with Crippen LogP contribution in [0.5, 0.6) is 5.75 Å². The topological polar surface area (TPSA) is 56.5 Å². The molecule has 0 saturated heterocycles. The maximum absolute atomic E-state index is 10.3. The van der Waals surface area contributed by atoms with Crippen LogP contribution in [-0.2, 0) is 11.8 Å². The lowest BCUT2D eigenvalue weighted by Gasteiger charge is -2.30. The number of aromatic nitrogens is 2. The van der Waals surface area contributed by atoms with E-state index in [0.29, 0.717) is 18.1 Å². The number of ether oxygens (including phenoxy) is 2. The summed E-state index contributed by atoms with van der Waals surface area (Å²) in [6.07, 6.45) is 0.801. The van der Waals surface area contributed by atoms with Gasteiger partial charge in [-0.15, -0.1) is 0 Å². The number of methoxy groups -OCH3 is 1. The molecule has 0 bridgehead atoms. The molecule has 1 rings (SSSR count). The van der Waals surface area contributed by atoms with E-state index in [9.17, 15) is 5.11 Å². The van der Waals surface area contributed by atoms with Gasteiger partial charge in [-0.05, 0) is 20.8 Å². The highest BCUT2D eigenvalue weighted by Gasteiger charge is 2.34. The molecule has 5 nitrogen and oxygen atoms in total. The molecule has 1 aromatic rings. The quantitative estimate of drug-likeness (QED) is 0.824. The first kappa shape index (κ1) is 13.0. The summed E-state index contributed by atoms with van der Waals surface area (Å²) in [5.41, 5.74) is -0.0449. The molecule has 0 amide bonds. The van der Waals surface area contributed by atoms with E-state index in [1.54, 1.807) is 25.0 Å². The third-order valence-corrected chi connectivity index (χ3v) is 2.60. The van der Waals surface area contributed by atoms with E-state index >= 15 is 0 Å². The Hall–Kier alpha value is -1.07. The van der Waals surface area contributed by atoms with Gasteiger partial charge in [-0.25, -0.2) is 0 Å². The Morgan fingerprint density at radius 1 is 1.56 bits per heavy atom. The highest BCUT2D eigenvalue weighted by atomic mass is 16.5. The van der Waals surface area contributed by atoms with Crippen molar-refractivity contribution in [1.82, 2.24) is 9.78 Å². The van der Waals surface area contributed by atoms with Gasteiger partial charge in [0.2, 0.25) is 0 Å². The standard InChI is InChI=1S/C11H20N2O3/c1-6-16-11(2,3)10(14)9-8(15-5)7-12-13(9)4/h7,10,14H,6H2,1-5H3. The summed E-state index contributed by atoms with van der Waals surface area (Å²) in [4.78, 5) is 0. The summed E-state index contributed by atoms with van der Waals surface area (Å²) in [6.45, 7) is 6.13. The van der Waals surface area contributed by atoms with Gasteiger partial charge in [-0.2, -0.15) is 5.10 Å². The van der Waals surface area contributed by atoms with Gasteiger partial charge in [-0.1, -0.05) is 0 Å². The average Bonchev–Trinajstić information content (AvgIpc) is 2.58. The van der Waals surface area contributed by atoms with Crippen LogP contribution in [0.2, 0.25) is 0 Å². The zero-order chi connectivity index (χ0) is 12.3. The number of rotatable bonds is 5. The molecule has 0 fully saturated rings. The Morgan fingerprint density at radius 2 is 2.19 bits per heavy atom. The molecule has 1 N–H and O–H groups in total. The van der Waals surface area contributed by atoms with Crippen molar-refractivity contribution in [2.75, 3.05) is 13.7 Å². The first-order chi connectivity index (χ1) is 7.44. The molecule has 1 atom stereocenters. The predicted molar refractivity (Wildman–Crippen MR) is 60.4 cm³/mol. The van der Waals surface area contributed by atoms with Crippen LogP contribution < -0.4 is 4.74 Å². The second kappa shape index (κ2) is 4.84. The minimum atomic E-state index is -0.782. The molecule has 0 saturated carbocycles. The summed E-state index contributed by atoms with van der Waals surface area (Å²) >= 11 is 0. The number of nitrogens with zero attached hydrogens (tertiary/aromatic N) is 2. The van der Waals surface area contributed by atoms with Crippen molar-refractivity contribution in [3.05, 3.63) is 11.9 Å². The van der Waals surface area contributed by atoms with Crippen LogP contribution in [0.1, 0.15) is 32.6 Å². The van der Waals surface area contributed by atoms with Crippen LogP contribution in [0, 0.1) is 0 Å². The van der Waals surface area contributed by atoms with Crippen LogP contribution in [0.3, 0.4) is 0 Å². The van der Waals surface area contributed by atoms with Crippen molar-refractivity contribution in [2.24, 2.45) is 7.05 Å². The van der Waals surface area contributed by atoms with Crippen LogP contribution in [0.25, 0.3) is 0 Å². The Kier molecular flexibility index (Phi) is 3.93. The molecule has 5 heteroatoms. The molecule has 0 aromatic carbocycles. The van der Waals surface area contributed by atoms with Crippen molar-refractivity contribution < 1.29 is 14.6 Å². The minimum absolute atomic E-state index is 0.546. The van der Waals surface area contributed by atoms with Gasteiger partial charge in [0.25, 0.3) is 0 Å². The van der Waals surface area contributed by atoms with Gasteiger partial charge < -0.3 is 14.6 Å². The summed E-state index contributed by atoms with van der Waals surface area (Å²) in [7, 11) is 3.32. The Bertz CT molecular complexity index is 347. The van der Waals surface area contributed by atoms with E-state index in [0.717, 1.165) is 0 Å². The molecule has 1 heterocycles. The number of hydrogen-bond donors (Lipinski definition) is 1. The van der Waals surface area contributed by atoms with Gasteiger partial charge in [0.05, 0.1) is 18.9 Å². The number of aryl methyl sites for hydroxylation is 1. The summed E-state index contributed by atoms with van der Waals surface area (Å²) in [5, 5.41) is 14.4. The number of hydrogen-bond acceptors (Lipinski definition) is 4. The van der Waals surface area contributed by atoms with Gasteiger partial charge in [0, 0.05) is 13.7 Å². The second-order valence-electron chi connectivity index (χ2n) is 4.16. The third kappa shape index (κ3) is 2.36. The summed E-state index contributed by atoms with van der Waals surface area (Å²) in [5.74, 6) is 0.572. The van der Waals surface area contributed by atoms with E-state index < -0.39 is 11.7 Å². The maximum Gasteiger partial charge on any atom is 0.162 e. The molecule has 1 aromatic heterocycles. The van der Waals surface area contributed by atoms with Crippen LogP contribution in [0.15, 0.2) is 6.20 Å². The van der Waals surface area contributed by atoms with E-state index in [-0.39, 0.29) is 0 Å².